The maximum atomic E-state index is 11.9. The maximum Gasteiger partial charge on any atom is 0.251 e. The Labute approximate surface area is 119 Å². The molecule has 0 bridgehead atoms. The number of rotatable bonds is 8. The molecule has 0 radical (unpaired) electrons. The molecule has 0 aliphatic heterocycles. The monoisotopic (exact) mass is 282 g/mol. The summed E-state index contributed by atoms with van der Waals surface area (Å²) < 4.78 is 9.91. The fraction of sp³-hybridized carbons (Fsp3) is 0.500. The van der Waals surface area contributed by atoms with Crippen molar-refractivity contribution in [2.75, 3.05) is 47.5 Å². The van der Waals surface area contributed by atoms with E-state index in [1.807, 2.05) is 7.05 Å². The van der Waals surface area contributed by atoms with Gasteiger partial charge in [0.05, 0.1) is 13.7 Å². The number of hydrogen-bond donors (Lipinski definition) is 2. The van der Waals surface area contributed by atoms with E-state index in [2.05, 4.69) is 10.2 Å². The molecule has 0 aliphatic rings. The minimum Gasteiger partial charge on any atom is -0.504 e. The van der Waals surface area contributed by atoms with Gasteiger partial charge in [-0.25, -0.2) is 0 Å². The van der Waals surface area contributed by atoms with Gasteiger partial charge in [-0.3, -0.25) is 4.79 Å². The highest BCUT2D eigenvalue weighted by atomic mass is 16.5. The molecule has 1 aromatic rings. The van der Waals surface area contributed by atoms with Gasteiger partial charge in [0.1, 0.15) is 0 Å². The number of phenols is 1. The highest BCUT2D eigenvalue weighted by Gasteiger charge is 2.09. The highest BCUT2D eigenvalue weighted by Crippen LogP contribution is 2.25. The molecule has 20 heavy (non-hydrogen) atoms. The molecule has 0 aliphatic carbocycles. The van der Waals surface area contributed by atoms with E-state index < -0.39 is 0 Å². The zero-order valence-corrected chi connectivity index (χ0v) is 12.2. The third-order valence-electron chi connectivity index (χ3n) is 2.90. The summed E-state index contributed by atoms with van der Waals surface area (Å²) in [6, 6.07) is 4.57. The number of nitrogens with zero attached hydrogens (tertiary/aromatic N) is 1. The molecule has 6 nitrogen and oxygen atoms in total. The van der Waals surface area contributed by atoms with Crippen LogP contribution in [0, 0.1) is 0 Å². The Balaban J connectivity index is 2.41. The van der Waals surface area contributed by atoms with E-state index in [0.717, 1.165) is 13.1 Å². The summed E-state index contributed by atoms with van der Waals surface area (Å²) in [4.78, 5) is 14.0. The number of methoxy groups -OCH3 is 2. The quantitative estimate of drug-likeness (QED) is 0.735. The zero-order valence-electron chi connectivity index (χ0n) is 12.2. The average molecular weight is 282 g/mol. The van der Waals surface area contributed by atoms with Crippen LogP contribution >= 0.6 is 0 Å². The van der Waals surface area contributed by atoms with E-state index in [0.29, 0.717) is 24.5 Å². The van der Waals surface area contributed by atoms with Gasteiger partial charge in [-0.1, -0.05) is 0 Å². The second-order valence-electron chi connectivity index (χ2n) is 4.44. The second-order valence-corrected chi connectivity index (χ2v) is 4.44. The van der Waals surface area contributed by atoms with E-state index in [4.69, 9.17) is 9.47 Å². The van der Waals surface area contributed by atoms with Crippen LogP contribution in [0.4, 0.5) is 0 Å². The van der Waals surface area contributed by atoms with Crippen molar-refractivity contribution < 1.29 is 19.4 Å². The molecule has 0 spiro atoms. The lowest BCUT2D eigenvalue weighted by molar-refractivity contribution is 0.0947. The fourth-order valence-corrected chi connectivity index (χ4v) is 1.65. The number of aromatic hydroxyl groups is 1. The first-order valence-electron chi connectivity index (χ1n) is 6.41. The van der Waals surface area contributed by atoms with Gasteiger partial charge in [0, 0.05) is 32.3 Å². The third-order valence-corrected chi connectivity index (χ3v) is 2.90. The Bertz CT molecular complexity index is 437. The largest absolute Gasteiger partial charge is 0.504 e. The summed E-state index contributed by atoms with van der Waals surface area (Å²) in [5, 5.41) is 12.4. The van der Waals surface area contributed by atoms with E-state index in [-0.39, 0.29) is 11.7 Å². The number of hydrogen-bond acceptors (Lipinski definition) is 5. The van der Waals surface area contributed by atoms with Crippen LogP contribution in [0.25, 0.3) is 0 Å². The van der Waals surface area contributed by atoms with Crippen molar-refractivity contribution in [3.8, 4) is 11.5 Å². The van der Waals surface area contributed by atoms with Gasteiger partial charge in [0.25, 0.3) is 5.91 Å². The second kappa shape index (κ2) is 8.39. The predicted molar refractivity (Wildman–Crippen MR) is 76.4 cm³/mol. The van der Waals surface area contributed by atoms with E-state index in [1.54, 1.807) is 19.2 Å². The lowest BCUT2D eigenvalue weighted by Gasteiger charge is -2.16. The van der Waals surface area contributed by atoms with Gasteiger partial charge in [-0.05, 0) is 25.2 Å². The smallest absolute Gasteiger partial charge is 0.251 e. The number of carbonyl (C=O) groups is 1. The number of phenolic OH excluding ortho intramolecular Hbond substituents is 1. The number of benzene rings is 1. The van der Waals surface area contributed by atoms with Crippen LogP contribution in [0.3, 0.4) is 0 Å². The summed E-state index contributed by atoms with van der Waals surface area (Å²) in [5.41, 5.74) is 0.405. The number of ether oxygens (including phenoxy) is 2. The Hall–Kier alpha value is -1.79. The number of likely N-dealkylation sites (N-methyl/N-ethyl adjacent to an activating group) is 1. The lowest BCUT2D eigenvalue weighted by atomic mass is 10.2. The minimum atomic E-state index is -0.219. The van der Waals surface area contributed by atoms with Crippen molar-refractivity contribution in [2.45, 2.75) is 0 Å². The average Bonchev–Trinajstić information content (AvgIpc) is 2.44. The van der Waals surface area contributed by atoms with Crippen LogP contribution < -0.4 is 10.1 Å². The molecule has 0 aromatic heterocycles. The number of carbonyl (C=O) groups excluding carboxylic acids is 1. The summed E-state index contributed by atoms with van der Waals surface area (Å²) >= 11 is 0. The van der Waals surface area contributed by atoms with E-state index >= 15 is 0 Å². The SMILES string of the molecule is COCCN(C)CCNC(=O)c1ccc(OC)c(O)c1. The molecule has 2 N–H and O–H groups in total. The first-order chi connectivity index (χ1) is 9.58. The van der Waals surface area contributed by atoms with Crippen LogP contribution in [0.5, 0.6) is 11.5 Å². The molecule has 0 saturated heterocycles. The molecular formula is C14H22N2O4. The normalized spacial score (nSPS) is 10.6. The van der Waals surface area contributed by atoms with Crippen molar-refractivity contribution in [3.63, 3.8) is 0 Å². The molecular weight excluding hydrogens is 260 g/mol. The Morgan fingerprint density at radius 3 is 2.70 bits per heavy atom. The van der Waals surface area contributed by atoms with Crippen LogP contribution in [0.2, 0.25) is 0 Å². The Kier molecular flexibility index (Phi) is 6.83. The van der Waals surface area contributed by atoms with E-state index in [1.165, 1.54) is 13.2 Å². The first kappa shape index (κ1) is 16.3. The third kappa shape index (κ3) is 5.07. The lowest BCUT2D eigenvalue weighted by Crippen LogP contribution is -2.34. The van der Waals surface area contributed by atoms with Crippen LogP contribution in [0.15, 0.2) is 18.2 Å². The summed E-state index contributed by atoms with van der Waals surface area (Å²) in [6.45, 7) is 2.75. The summed E-state index contributed by atoms with van der Waals surface area (Å²) in [5.74, 6) is 0.0845. The minimum absolute atomic E-state index is 0.0441. The van der Waals surface area contributed by atoms with Gasteiger partial charge in [0.15, 0.2) is 11.5 Å². The number of nitrogens with one attached hydrogen (secondary N) is 1. The van der Waals surface area contributed by atoms with Crippen molar-refractivity contribution >= 4 is 5.91 Å². The predicted octanol–water partition coefficient (Wildman–Crippen LogP) is 0.709. The number of amides is 1. The van der Waals surface area contributed by atoms with Crippen LogP contribution in [-0.2, 0) is 4.74 Å². The molecule has 0 unspecified atom stereocenters. The first-order valence-corrected chi connectivity index (χ1v) is 6.41. The highest BCUT2D eigenvalue weighted by molar-refractivity contribution is 5.94. The van der Waals surface area contributed by atoms with Crippen LogP contribution in [0.1, 0.15) is 10.4 Å². The Morgan fingerprint density at radius 1 is 1.35 bits per heavy atom. The van der Waals surface area contributed by atoms with Gasteiger partial charge < -0.3 is 24.8 Å². The molecule has 6 heteroatoms. The molecule has 1 rings (SSSR count). The fourth-order valence-electron chi connectivity index (χ4n) is 1.65. The molecule has 1 amide bonds. The summed E-state index contributed by atoms with van der Waals surface area (Å²) in [7, 11) is 5.08. The standard InChI is InChI=1S/C14H22N2O4/c1-16(8-9-19-2)7-6-15-14(18)11-4-5-13(20-3)12(17)10-11/h4-5,10,17H,6-9H2,1-3H3,(H,15,18). The van der Waals surface area contributed by atoms with Crippen molar-refractivity contribution in [2.24, 2.45) is 0 Å². The Morgan fingerprint density at radius 2 is 2.10 bits per heavy atom. The van der Waals surface area contributed by atoms with Crippen molar-refractivity contribution in [1.29, 1.82) is 0 Å². The van der Waals surface area contributed by atoms with Gasteiger partial charge in [0.2, 0.25) is 0 Å². The maximum absolute atomic E-state index is 11.9. The van der Waals surface area contributed by atoms with Gasteiger partial charge in [-0.15, -0.1) is 0 Å². The van der Waals surface area contributed by atoms with Crippen molar-refractivity contribution in [3.05, 3.63) is 23.8 Å². The van der Waals surface area contributed by atoms with Gasteiger partial charge in [-0.2, -0.15) is 0 Å². The van der Waals surface area contributed by atoms with Crippen LogP contribution in [-0.4, -0.2) is 63.4 Å². The van der Waals surface area contributed by atoms with Gasteiger partial charge >= 0.3 is 0 Å². The zero-order chi connectivity index (χ0) is 15.0. The molecule has 0 heterocycles. The van der Waals surface area contributed by atoms with Crippen molar-refractivity contribution in [1.82, 2.24) is 10.2 Å². The topological polar surface area (TPSA) is 71.0 Å². The molecule has 112 valence electrons. The molecule has 0 fully saturated rings. The molecule has 0 atom stereocenters. The molecule has 1 aromatic carbocycles. The van der Waals surface area contributed by atoms with E-state index in [9.17, 15) is 9.90 Å². The molecule has 0 saturated carbocycles. The summed E-state index contributed by atoms with van der Waals surface area (Å²) in [6.07, 6.45) is 0.